The molecule has 5 nitrogen and oxygen atoms in total. The molecule has 2 aromatic heterocycles. The summed E-state index contributed by atoms with van der Waals surface area (Å²) >= 11 is 5.99. The molecule has 0 saturated heterocycles. The first-order valence-electron chi connectivity index (χ1n) is 8.77. The Morgan fingerprint density at radius 3 is 2.73 bits per heavy atom. The average Bonchev–Trinajstić information content (AvgIpc) is 2.63. The van der Waals surface area contributed by atoms with Gasteiger partial charge in [0.15, 0.2) is 0 Å². The van der Waals surface area contributed by atoms with Gasteiger partial charge in [-0.15, -0.1) is 0 Å². The van der Waals surface area contributed by atoms with E-state index in [1.807, 2.05) is 0 Å². The van der Waals surface area contributed by atoms with Crippen LogP contribution in [0.2, 0.25) is 5.02 Å². The second-order valence-corrected chi connectivity index (χ2v) is 7.15. The number of fused-ring (bicyclic) bond motifs is 2. The van der Waals surface area contributed by atoms with Crippen LogP contribution in [-0.4, -0.2) is 17.1 Å². The van der Waals surface area contributed by atoms with Crippen molar-refractivity contribution in [2.75, 3.05) is 0 Å². The molecule has 1 aliphatic rings. The van der Waals surface area contributed by atoms with E-state index in [0.717, 1.165) is 25.7 Å². The van der Waals surface area contributed by atoms with Gasteiger partial charge in [-0.3, -0.25) is 4.79 Å². The maximum Gasteiger partial charge on any atom is 0.340 e. The average molecular weight is 372 g/mol. The molecule has 0 aliphatic heterocycles. The molecule has 0 N–H and O–H groups in total. The highest BCUT2D eigenvalue weighted by Crippen LogP contribution is 2.25. The van der Waals surface area contributed by atoms with Crippen molar-refractivity contribution in [1.82, 2.24) is 4.98 Å². The van der Waals surface area contributed by atoms with Gasteiger partial charge in [0.05, 0.1) is 22.0 Å². The number of halogens is 1. The number of hydrogen-bond acceptors (Lipinski definition) is 5. The van der Waals surface area contributed by atoms with Crippen LogP contribution in [0, 0.1) is 6.92 Å². The summed E-state index contributed by atoms with van der Waals surface area (Å²) in [6, 6.07) is 6.37. The third-order valence-corrected chi connectivity index (χ3v) is 5.10. The summed E-state index contributed by atoms with van der Waals surface area (Å²) < 4.78 is 11.3. The molecule has 1 aliphatic carbocycles. The Labute approximate surface area is 154 Å². The van der Waals surface area contributed by atoms with Gasteiger partial charge in [-0.05, 0) is 56.9 Å². The number of nitrogens with zero attached hydrogens (tertiary/aromatic N) is 1. The van der Waals surface area contributed by atoms with E-state index in [2.05, 4.69) is 4.98 Å². The van der Waals surface area contributed by atoms with Gasteiger partial charge in [-0.2, -0.15) is 0 Å². The maximum absolute atomic E-state index is 12.8. The third kappa shape index (κ3) is 3.07. The number of rotatable bonds is 2. The molecule has 0 spiro atoms. The molecule has 134 valence electrons. The lowest BCUT2D eigenvalue weighted by molar-refractivity contribution is 0.0210. The fourth-order valence-corrected chi connectivity index (χ4v) is 3.62. The van der Waals surface area contributed by atoms with E-state index >= 15 is 0 Å². The first kappa shape index (κ1) is 17.0. The van der Waals surface area contributed by atoms with Gasteiger partial charge >= 0.3 is 5.97 Å². The fraction of sp³-hybridized carbons (Fsp3) is 0.350. The van der Waals surface area contributed by atoms with Crippen LogP contribution in [0.25, 0.3) is 22.1 Å². The largest absolute Gasteiger partial charge is 0.459 e. The van der Waals surface area contributed by atoms with Crippen molar-refractivity contribution in [1.29, 1.82) is 0 Å². The van der Waals surface area contributed by atoms with Crippen molar-refractivity contribution in [3.63, 3.8) is 0 Å². The van der Waals surface area contributed by atoms with Crippen LogP contribution in [0.15, 0.2) is 33.5 Å². The summed E-state index contributed by atoms with van der Waals surface area (Å²) in [4.78, 5) is 29.7. The number of carbonyl (C=O) groups is 1. The molecular weight excluding hydrogens is 354 g/mol. The van der Waals surface area contributed by atoms with Crippen LogP contribution >= 0.6 is 11.6 Å². The fourth-order valence-electron chi connectivity index (χ4n) is 3.45. The highest BCUT2D eigenvalue weighted by molar-refractivity contribution is 6.31. The van der Waals surface area contributed by atoms with Crippen molar-refractivity contribution < 1.29 is 13.9 Å². The first-order valence-corrected chi connectivity index (χ1v) is 9.15. The van der Waals surface area contributed by atoms with Crippen molar-refractivity contribution in [2.45, 2.75) is 45.1 Å². The zero-order chi connectivity index (χ0) is 18.3. The summed E-state index contributed by atoms with van der Waals surface area (Å²) in [5.41, 5.74) is 1.14. The van der Waals surface area contributed by atoms with E-state index in [-0.39, 0.29) is 22.6 Å². The summed E-state index contributed by atoms with van der Waals surface area (Å²) in [5, 5.41) is 1.06. The van der Waals surface area contributed by atoms with Crippen molar-refractivity contribution in [3.05, 3.63) is 50.8 Å². The smallest absolute Gasteiger partial charge is 0.340 e. The number of carbonyl (C=O) groups excluding carboxylic acids is 1. The molecule has 0 bridgehead atoms. The Morgan fingerprint density at radius 1 is 1.19 bits per heavy atom. The number of aryl methyl sites for hydroxylation is 1. The van der Waals surface area contributed by atoms with Crippen LogP contribution in [0.5, 0.6) is 0 Å². The van der Waals surface area contributed by atoms with E-state index in [0.29, 0.717) is 27.2 Å². The molecule has 1 aromatic carbocycles. The Hall–Kier alpha value is -2.40. The molecule has 4 rings (SSSR count). The van der Waals surface area contributed by atoms with Crippen molar-refractivity contribution in [3.8, 4) is 0 Å². The summed E-state index contributed by atoms with van der Waals surface area (Å²) in [6.07, 6.45) is 5.04. The second kappa shape index (κ2) is 6.72. The second-order valence-electron chi connectivity index (χ2n) is 6.71. The zero-order valence-electron chi connectivity index (χ0n) is 14.4. The summed E-state index contributed by atoms with van der Waals surface area (Å²) in [7, 11) is 0. The molecule has 26 heavy (non-hydrogen) atoms. The molecule has 0 amide bonds. The molecular formula is C20H18ClNO4. The molecule has 0 atom stereocenters. The predicted octanol–water partition coefficient (Wildman–Crippen LogP) is 4.79. The number of aromatic nitrogens is 1. The summed E-state index contributed by atoms with van der Waals surface area (Å²) in [5.74, 6) is -0.436. The van der Waals surface area contributed by atoms with Gasteiger partial charge in [0.1, 0.15) is 11.7 Å². The van der Waals surface area contributed by atoms with E-state index in [1.54, 1.807) is 25.1 Å². The van der Waals surface area contributed by atoms with Gasteiger partial charge in [0, 0.05) is 5.02 Å². The minimum atomic E-state index is -0.436. The van der Waals surface area contributed by atoms with Crippen molar-refractivity contribution >= 4 is 39.6 Å². The highest BCUT2D eigenvalue weighted by Gasteiger charge is 2.22. The van der Waals surface area contributed by atoms with Crippen LogP contribution < -0.4 is 5.43 Å². The van der Waals surface area contributed by atoms with Crippen molar-refractivity contribution in [2.24, 2.45) is 0 Å². The molecule has 0 radical (unpaired) electrons. The Bertz CT molecular complexity index is 1070. The van der Waals surface area contributed by atoms with Gasteiger partial charge in [-0.25, -0.2) is 9.78 Å². The predicted molar refractivity (Wildman–Crippen MR) is 99.8 cm³/mol. The molecule has 3 aromatic rings. The molecule has 1 saturated carbocycles. The van der Waals surface area contributed by atoms with E-state index in [1.165, 1.54) is 12.5 Å². The molecule has 0 unspecified atom stereocenters. The van der Waals surface area contributed by atoms with Gasteiger partial charge in [0.2, 0.25) is 11.1 Å². The number of ether oxygens (including phenoxy) is 1. The van der Waals surface area contributed by atoms with Crippen LogP contribution in [0.1, 0.15) is 48.2 Å². The van der Waals surface area contributed by atoms with Gasteiger partial charge in [-0.1, -0.05) is 18.0 Å². The lowest BCUT2D eigenvalue weighted by atomic mass is 9.98. The molecule has 1 fully saturated rings. The molecule has 2 heterocycles. The Morgan fingerprint density at radius 2 is 1.96 bits per heavy atom. The highest BCUT2D eigenvalue weighted by atomic mass is 35.5. The number of pyridine rings is 1. The van der Waals surface area contributed by atoms with E-state index < -0.39 is 5.97 Å². The maximum atomic E-state index is 12.8. The minimum Gasteiger partial charge on any atom is -0.459 e. The Balaban J connectivity index is 1.79. The Kier molecular flexibility index (Phi) is 4.41. The lowest BCUT2D eigenvalue weighted by Crippen LogP contribution is -2.22. The normalized spacial score (nSPS) is 15.5. The summed E-state index contributed by atoms with van der Waals surface area (Å²) in [6.45, 7) is 1.71. The van der Waals surface area contributed by atoms with Crippen LogP contribution in [-0.2, 0) is 4.74 Å². The standard InChI is InChI=1S/C20H18ClNO4/c1-11-14(20(24)25-13-5-3-2-4-6-13)10-16-18(23)15-9-12(21)7-8-17(15)26-19(16)22-11/h7-10,13H,2-6H2,1H3. The van der Waals surface area contributed by atoms with E-state index in [4.69, 9.17) is 20.8 Å². The topological polar surface area (TPSA) is 69.4 Å². The number of hydrogen-bond donors (Lipinski definition) is 0. The van der Waals surface area contributed by atoms with Crippen LogP contribution in [0.4, 0.5) is 0 Å². The molecule has 6 heteroatoms. The third-order valence-electron chi connectivity index (χ3n) is 4.86. The first-order chi connectivity index (χ1) is 12.5. The van der Waals surface area contributed by atoms with Crippen LogP contribution in [0.3, 0.4) is 0 Å². The zero-order valence-corrected chi connectivity index (χ0v) is 15.1. The SMILES string of the molecule is Cc1nc2oc3ccc(Cl)cc3c(=O)c2cc1C(=O)OC1CCCCC1. The van der Waals surface area contributed by atoms with Gasteiger partial charge < -0.3 is 9.15 Å². The quantitative estimate of drug-likeness (QED) is 0.478. The number of benzene rings is 1. The van der Waals surface area contributed by atoms with Gasteiger partial charge in [0.25, 0.3) is 0 Å². The number of esters is 1. The lowest BCUT2D eigenvalue weighted by Gasteiger charge is -2.22. The van der Waals surface area contributed by atoms with E-state index in [9.17, 15) is 9.59 Å². The monoisotopic (exact) mass is 371 g/mol. The minimum absolute atomic E-state index is 0.0573.